The third-order valence-corrected chi connectivity index (χ3v) is 9.89. The minimum absolute atomic E-state index is 0.0659. The summed E-state index contributed by atoms with van der Waals surface area (Å²) >= 11 is 4.99. The Bertz CT molecular complexity index is 932. The quantitative estimate of drug-likeness (QED) is 0.604. The maximum atomic E-state index is 12.7. The van der Waals surface area contributed by atoms with Crippen LogP contribution in [0.15, 0.2) is 21.6 Å². The molecule has 3 aliphatic rings. The first kappa shape index (κ1) is 21.4. The highest BCUT2D eigenvalue weighted by molar-refractivity contribution is 9.10. The minimum Gasteiger partial charge on any atom is -0.315 e. The Morgan fingerprint density at radius 1 is 1.21 bits per heavy atom. The summed E-state index contributed by atoms with van der Waals surface area (Å²) in [7, 11) is -3.07. The summed E-state index contributed by atoms with van der Waals surface area (Å²) in [6.07, 6.45) is 6.40. The molecule has 29 heavy (non-hydrogen) atoms. The lowest BCUT2D eigenvalue weighted by Crippen LogP contribution is -2.38. The molecule has 2 heterocycles. The fourth-order valence-corrected chi connectivity index (χ4v) is 9.50. The van der Waals surface area contributed by atoms with Crippen molar-refractivity contribution < 1.29 is 13.2 Å². The van der Waals surface area contributed by atoms with Crippen LogP contribution >= 0.6 is 27.7 Å². The molecule has 1 amide bonds. The van der Waals surface area contributed by atoms with Crippen molar-refractivity contribution >= 4 is 54.3 Å². The third-order valence-electron chi connectivity index (χ3n) is 6.22. The molecule has 1 aliphatic carbocycles. The van der Waals surface area contributed by atoms with Gasteiger partial charge in [0.2, 0.25) is 5.91 Å². The van der Waals surface area contributed by atoms with Crippen molar-refractivity contribution in [3.63, 3.8) is 0 Å². The van der Waals surface area contributed by atoms with E-state index in [1.807, 2.05) is 30.9 Å². The first-order chi connectivity index (χ1) is 13.7. The molecule has 5 nitrogen and oxygen atoms in total. The lowest BCUT2D eigenvalue weighted by atomic mass is 10.0. The van der Waals surface area contributed by atoms with Gasteiger partial charge in [0.25, 0.3) is 0 Å². The van der Waals surface area contributed by atoms with Gasteiger partial charge in [-0.2, -0.15) is 4.99 Å². The van der Waals surface area contributed by atoms with E-state index in [0.29, 0.717) is 17.5 Å². The van der Waals surface area contributed by atoms with Gasteiger partial charge in [-0.25, -0.2) is 8.42 Å². The summed E-state index contributed by atoms with van der Waals surface area (Å²) in [5.41, 5.74) is 3.08. The Morgan fingerprint density at radius 3 is 2.52 bits per heavy atom. The molecule has 1 saturated carbocycles. The smallest absolute Gasteiger partial charge is 0.248 e. The number of carbonyl (C=O) groups excluding carboxylic acids is 1. The molecule has 158 valence electrons. The number of amides is 1. The Kier molecular flexibility index (Phi) is 6.15. The first-order valence-corrected chi connectivity index (χ1v) is 13.8. The molecule has 8 heteroatoms. The number of amidine groups is 1. The van der Waals surface area contributed by atoms with Crippen molar-refractivity contribution in [3.8, 4) is 0 Å². The number of carbonyl (C=O) groups is 1. The highest BCUT2D eigenvalue weighted by atomic mass is 79.9. The van der Waals surface area contributed by atoms with E-state index >= 15 is 0 Å². The summed E-state index contributed by atoms with van der Waals surface area (Å²) in [4.78, 5) is 19.2. The average Bonchev–Trinajstić information content (AvgIpc) is 3.29. The third kappa shape index (κ3) is 4.59. The number of fused-ring (bicyclic) bond motifs is 1. The van der Waals surface area contributed by atoms with Crippen LogP contribution in [0.1, 0.15) is 49.7 Å². The molecular formula is C21H27BrN2O3S2. The molecule has 1 aromatic rings. The number of hydrogen-bond acceptors (Lipinski definition) is 4. The molecule has 0 unspecified atom stereocenters. The van der Waals surface area contributed by atoms with Crippen molar-refractivity contribution in [3.05, 3.63) is 27.7 Å². The molecule has 0 N–H and O–H groups in total. The monoisotopic (exact) mass is 498 g/mol. The molecule has 3 fully saturated rings. The van der Waals surface area contributed by atoms with Gasteiger partial charge >= 0.3 is 0 Å². The van der Waals surface area contributed by atoms with Gasteiger partial charge in [0.1, 0.15) is 0 Å². The predicted octanol–water partition coefficient (Wildman–Crippen LogP) is 4.64. The van der Waals surface area contributed by atoms with Gasteiger partial charge < -0.3 is 4.90 Å². The molecule has 1 aromatic carbocycles. The molecule has 4 rings (SSSR count). The van der Waals surface area contributed by atoms with E-state index in [0.717, 1.165) is 27.7 Å². The second-order valence-corrected chi connectivity index (χ2v) is 12.8. The summed E-state index contributed by atoms with van der Waals surface area (Å²) < 4.78 is 25.5. The van der Waals surface area contributed by atoms with Gasteiger partial charge in [-0.15, -0.1) is 0 Å². The Balaban J connectivity index is 1.63. The number of benzene rings is 1. The van der Waals surface area contributed by atoms with E-state index in [1.54, 1.807) is 0 Å². The molecule has 0 bridgehead atoms. The number of halogens is 1. The van der Waals surface area contributed by atoms with Crippen LogP contribution in [-0.2, 0) is 14.6 Å². The summed E-state index contributed by atoms with van der Waals surface area (Å²) in [6.45, 7) is 4.04. The molecule has 0 spiro atoms. The normalized spacial score (nSPS) is 27.7. The minimum atomic E-state index is -3.07. The Hall–Kier alpha value is -0.860. The van der Waals surface area contributed by atoms with Crippen molar-refractivity contribution in [2.75, 3.05) is 16.4 Å². The lowest BCUT2D eigenvalue weighted by Gasteiger charge is -2.28. The molecule has 2 saturated heterocycles. The second-order valence-electron chi connectivity index (χ2n) is 8.54. The number of anilines is 1. The Labute approximate surface area is 185 Å². The number of aliphatic imine (C=N–C) groups is 1. The first-order valence-electron chi connectivity index (χ1n) is 10.3. The van der Waals surface area contributed by atoms with Crippen molar-refractivity contribution in [2.24, 2.45) is 10.9 Å². The molecule has 0 aromatic heterocycles. The summed E-state index contributed by atoms with van der Waals surface area (Å²) in [6, 6.07) is 3.90. The SMILES string of the molecule is Cc1cc(Br)cc(C)c1N1C(=NC(=O)CCC2CCCC2)S[C@@H]2CS(=O)(=O)C[C@H]21. The van der Waals surface area contributed by atoms with Gasteiger partial charge in [0.15, 0.2) is 15.0 Å². The van der Waals surface area contributed by atoms with Crippen LogP contribution < -0.4 is 4.90 Å². The standard InChI is InChI=1S/C21H27BrN2O3S2/c1-13-9-16(22)10-14(2)20(13)24-17-11-29(26,27)12-18(17)28-21(24)23-19(25)8-7-15-5-3-4-6-15/h9-10,15,17-18H,3-8,11-12H2,1-2H3/t17-,18-/m1/s1. The zero-order chi connectivity index (χ0) is 20.8. The number of sulfone groups is 1. The van der Waals surface area contributed by atoms with Crippen LogP contribution in [0, 0.1) is 19.8 Å². The van der Waals surface area contributed by atoms with E-state index in [2.05, 4.69) is 20.9 Å². The van der Waals surface area contributed by atoms with Gasteiger partial charge in [0.05, 0.1) is 17.5 Å². The van der Waals surface area contributed by atoms with Crippen molar-refractivity contribution in [1.29, 1.82) is 0 Å². The van der Waals surface area contributed by atoms with Crippen LogP contribution in [0.25, 0.3) is 0 Å². The van der Waals surface area contributed by atoms with E-state index in [4.69, 9.17) is 0 Å². The molecule has 2 atom stereocenters. The summed E-state index contributed by atoms with van der Waals surface area (Å²) in [5, 5.41) is 0.601. The van der Waals surface area contributed by atoms with Crippen LogP contribution in [-0.4, -0.2) is 42.3 Å². The fraction of sp³-hybridized carbons (Fsp3) is 0.619. The predicted molar refractivity (Wildman–Crippen MR) is 124 cm³/mol. The van der Waals surface area contributed by atoms with E-state index in [-0.39, 0.29) is 28.7 Å². The van der Waals surface area contributed by atoms with Crippen LogP contribution in [0.3, 0.4) is 0 Å². The highest BCUT2D eigenvalue weighted by Crippen LogP contribution is 2.43. The molecular weight excluding hydrogens is 472 g/mol. The van der Waals surface area contributed by atoms with E-state index in [1.165, 1.54) is 37.4 Å². The van der Waals surface area contributed by atoms with Crippen LogP contribution in [0.4, 0.5) is 5.69 Å². The average molecular weight is 499 g/mol. The largest absolute Gasteiger partial charge is 0.315 e. The Morgan fingerprint density at radius 2 is 1.86 bits per heavy atom. The zero-order valence-corrected chi connectivity index (χ0v) is 20.1. The topological polar surface area (TPSA) is 66.8 Å². The summed E-state index contributed by atoms with van der Waals surface area (Å²) in [5.74, 6) is 0.851. The van der Waals surface area contributed by atoms with E-state index in [9.17, 15) is 13.2 Å². The lowest BCUT2D eigenvalue weighted by molar-refractivity contribution is -0.118. The maximum Gasteiger partial charge on any atom is 0.248 e. The number of hydrogen-bond donors (Lipinski definition) is 0. The van der Waals surface area contributed by atoms with Gasteiger partial charge in [0, 0.05) is 21.8 Å². The van der Waals surface area contributed by atoms with Gasteiger partial charge in [-0.05, 0) is 49.4 Å². The number of rotatable bonds is 4. The fourth-order valence-electron chi connectivity index (χ4n) is 4.90. The number of aryl methyl sites for hydroxylation is 2. The van der Waals surface area contributed by atoms with E-state index < -0.39 is 9.84 Å². The van der Waals surface area contributed by atoms with Gasteiger partial charge in [-0.1, -0.05) is 53.4 Å². The van der Waals surface area contributed by atoms with Crippen LogP contribution in [0.2, 0.25) is 0 Å². The molecule has 0 radical (unpaired) electrons. The highest BCUT2D eigenvalue weighted by Gasteiger charge is 2.50. The van der Waals surface area contributed by atoms with Crippen molar-refractivity contribution in [1.82, 2.24) is 0 Å². The van der Waals surface area contributed by atoms with Crippen molar-refractivity contribution in [2.45, 2.75) is 63.7 Å². The van der Waals surface area contributed by atoms with Gasteiger partial charge in [-0.3, -0.25) is 4.79 Å². The second kappa shape index (κ2) is 8.35. The maximum absolute atomic E-state index is 12.7. The number of thioether (sulfide) groups is 1. The number of nitrogens with zero attached hydrogens (tertiary/aromatic N) is 2. The van der Waals surface area contributed by atoms with Crippen LogP contribution in [0.5, 0.6) is 0 Å². The zero-order valence-electron chi connectivity index (χ0n) is 16.9. The molecule has 2 aliphatic heterocycles.